The summed E-state index contributed by atoms with van der Waals surface area (Å²) < 4.78 is 0. The zero-order chi connectivity index (χ0) is 30.9. The SMILES string of the molecule is NCCCC(=O)N[C@@H](Cc1c[nH]c2ccccc12)C(=O)NCC(=O)N[C@@H](CCCCN=C(N)N)C(=O)NCC(=O)NP. The zero-order valence-corrected chi connectivity index (χ0v) is 24.6. The Kier molecular flexibility index (Phi) is 14.8. The molecule has 0 saturated carbocycles. The molecule has 12 N–H and O–H groups in total. The molecule has 0 bridgehead atoms. The highest BCUT2D eigenvalue weighted by atomic mass is 31.0. The molecule has 2 aromatic rings. The number of guanidine groups is 1. The Labute approximate surface area is 246 Å². The predicted molar refractivity (Wildman–Crippen MR) is 163 cm³/mol. The zero-order valence-electron chi connectivity index (χ0n) is 23.4. The second kappa shape index (κ2) is 18.3. The van der Waals surface area contributed by atoms with Crippen LogP contribution in [-0.4, -0.2) is 78.7 Å². The first-order valence-corrected chi connectivity index (χ1v) is 14.2. The van der Waals surface area contributed by atoms with E-state index in [0.29, 0.717) is 32.4 Å². The molecule has 230 valence electrons. The van der Waals surface area contributed by atoms with Gasteiger partial charge in [-0.25, -0.2) is 0 Å². The minimum absolute atomic E-state index is 0.0460. The summed E-state index contributed by atoms with van der Waals surface area (Å²) in [4.78, 5) is 69.6. The standard InChI is InChI=1S/C26H41N10O5P/c27-10-5-9-21(37)35-20(12-16-13-31-18-7-2-1-6-17(16)18)25(41)32-14-22(38)34-19(8-3-4-11-30-26(28)29)24(40)33-15-23(39)36-42/h1-2,6-7,13,19-20,31H,3-5,8-12,14-15,27,42H2,(H,32,41)(H,33,40)(H,34,38)(H,35,37)(H,36,39)(H4,28,29,30)/t19-,20-/m0/s1. The van der Waals surface area contributed by atoms with Crippen molar-refractivity contribution in [3.63, 3.8) is 0 Å². The molecule has 16 heteroatoms. The summed E-state index contributed by atoms with van der Waals surface area (Å²) in [7, 11) is 2.04. The number of carbonyl (C=O) groups excluding carboxylic acids is 5. The molecule has 5 amide bonds. The Morgan fingerprint density at radius 2 is 1.55 bits per heavy atom. The van der Waals surface area contributed by atoms with Crippen molar-refractivity contribution in [2.24, 2.45) is 22.2 Å². The van der Waals surface area contributed by atoms with Crippen LogP contribution in [0.3, 0.4) is 0 Å². The monoisotopic (exact) mass is 604 g/mol. The largest absolute Gasteiger partial charge is 0.370 e. The minimum Gasteiger partial charge on any atom is -0.370 e. The van der Waals surface area contributed by atoms with E-state index in [1.807, 2.05) is 33.7 Å². The lowest BCUT2D eigenvalue weighted by Crippen LogP contribution is -2.53. The average Bonchev–Trinajstić information content (AvgIpc) is 3.38. The first-order chi connectivity index (χ1) is 20.1. The molecular formula is C26H41N10O5P. The van der Waals surface area contributed by atoms with Gasteiger partial charge in [0.2, 0.25) is 29.5 Å². The van der Waals surface area contributed by atoms with Gasteiger partial charge in [-0.05, 0) is 53.2 Å². The molecule has 1 heterocycles. The van der Waals surface area contributed by atoms with E-state index in [9.17, 15) is 24.0 Å². The van der Waals surface area contributed by atoms with Crippen molar-refractivity contribution < 1.29 is 24.0 Å². The van der Waals surface area contributed by atoms with E-state index in [1.165, 1.54) is 0 Å². The lowest BCUT2D eigenvalue weighted by Gasteiger charge is -2.20. The van der Waals surface area contributed by atoms with Gasteiger partial charge in [0.1, 0.15) is 12.1 Å². The summed E-state index contributed by atoms with van der Waals surface area (Å²) in [6, 6.07) is 5.64. The maximum atomic E-state index is 13.1. The highest BCUT2D eigenvalue weighted by Gasteiger charge is 2.25. The molecule has 0 aliphatic rings. The molecule has 0 fully saturated rings. The van der Waals surface area contributed by atoms with Gasteiger partial charge in [0.15, 0.2) is 5.96 Å². The second-order valence-electron chi connectivity index (χ2n) is 9.50. The molecule has 1 aromatic carbocycles. The number of nitrogens with two attached hydrogens (primary N) is 3. The van der Waals surface area contributed by atoms with E-state index in [4.69, 9.17) is 17.2 Å². The van der Waals surface area contributed by atoms with Gasteiger partial charge in [-0.15, -0.1) is 0 Å². The van der Waals surface area contributed by atoms with Gasteiger partial charge in [-0.3, -0.25) is 29.0 Å². The number of benzene rings is 1. The molecule has 2 rings (SSSR count). The Bertz CT molecular complexity index is 1250. The third-order valence-electron chi connectivity index (χ3n) is 6.21. The van der Waals surface area contributed by atoms with Crippen LogP contribution in [0.2, 0.25) is 0 Å². The van der Waals surface area contributed by atoms with E-state index in [1.54, 1.807) is 6.20 Å². The van der Waals surface area contributed by atoms with Crippen LogP contribution in [0.4, 0.5) is 0 Å². The normalized spacial score (nSPS) is 12.0. The molecular weight excluding hydrogens is 563 g/mol. The number of aromatic amines is 1. The van der Waals surface area contributed by atoms with Crippen molar-refractivity contribution in [2.45, 2.75) is 50.6 Å². The summed E-state index contributed by atoms with van der Waals surface area (Å²) in [5.74, 6) is -2.56. The number of unbranched alkanes of at least 4 members (excludes halogenated alkanes) is 1. The third kappa shape index (κ3) is 12.1. The van der Waals surface area contributed by atoms with Crippen molar-refractivity contribution in [3.8, 4) is 0 Å². The number of rotatable bonds is 18. The molecule has 0 spiro atoms. The molecule has 1 aromatic heterocycles. The Balaban J connectivity index is 2.03. The number of nitrogens with one attached hydrogen (secondary N) is 6. The Morgan fingerprint density at radius 3 is 2.24 bits per heavy atom. The number of aliphatic imine (C=N–C) groups is 1. The maximum Gasteiger partial charge on any atom is 0.243 e. The average molecular weight is 605 g/mol. The second-order valence-corrected chi connectivity index (χ2v) is 9.79. The third-order valence-corrected chi connectivity index (χ3v) is 6.53. The number of hydrogen-bond donors (Lipinski definition) is 9. The number of amides is 5. The van der Waals surface area contributed by atoms with Gasteiger partial charge < -0.3 is 48.5 Å². The van der Waals surface area contributed by atoms with Crippen molar-refractivity contribution in [3.05, 3.63) is 36.0 Å². The van der Waals surface area contributed by atoms with Crippen LogP contribution >= 0.6 is 9.39 Å². The van der Waals surface area contributed by atoms with E-state index in [-0.39, 0.29) is 37.7 Å². The fourth-order valence-corrected chi connectivity index (χ4v) is 4.18. The number of H-pyrrole nitrogens is 1. The number of hydrogen-bond acceptors (Lipinski definition) is 7. The molecule has 15 nitrogen and oxygen atoms in total. The van der Waals surface area contributed by atoms with Crippen LogP contribution in [0.15, 0.2) is 35.5 Å². The Morgan fingerprint density at radius 1 is 0.881 bits per heavy atom. The van der Waals surface area contributed by atoms with Gasteiger partial charge in [0.25, 0.3) is 0 Å². The molecule has 3 atom stereocenters. The van der Waals surface area contributed by atoms with Gasteiger partial charge in [0, 0.05) is 36.5 Å². The molecule has 0 radical (unpaired) electrons. The van der Waals surface area contributed by atoms with E-state index >= 15 is 0 Å². The number of nitrogens with zero attached hydrogens (tertiary/aromatic N) is 1. The van der Waals surface area contributed by atoms with Crippen LogP contribution in [0.5, 0.6) is 0 Å². The highest BCUT2D eigenvalue weighted by Crippen LogP contribution is 2.19. The van der Waals surface area contributed by atoms with Gasteiger partial charge in [-0.1, -0.05) is 18.2 Å². The summed E-state index contributed by atoms with van der Waals surface area (Å²) in [5, 5.41) is 13.6. The summed E-state index contributed by atoms with van der Waals surface area (Å²) in [6.45, 7) is -0.0342. The van der Waals surface area contributed by atoms with Gasteiger partial charge in [-0.2, -0.15) is 0 Å². The van der Waals surface area contributed by atoms with Gasteiger partial charge >= 0.3 is 0 Å². The topological polar surface area (TPSA) is 252 Å². The first kappa shape index (κ1) is 34.0. The first-order valence-electron chi connectivity index (χ1n) is 13.6. The predicted octanol–water partition coefficient (Wildman–Crippen LogP) is -2.00. The highest BCUT2D eigenvalue weighted by molar-refractivity contribution is 7.15. The lowest BCUT2D eigenvalue weighted by atomic mass is 10.0. The van der Waals surface area contributed by atoms with E-state index in [2.05, 4.69) is 36.3 Å². The van der Waals surface area contributed by atoms with Crippen molar-refractivity contribution in [2.75, 3.05) is 26.2 Å². The molecule has 0 aliphatic heterocycles. The Hall–Kier alpha value is -4.23. The van der Waals surface area contributed by atoms with Crippen LogP contribution < -0.4 is 43.6 Å². The quantitative estimate of drug-likeness (QED) is 0.0397. The fraction of sp³-hybridized carbons (Fsp3) is 0.462. The fourth-order valence-electron chi connectivity index (χ4n) is 4.07. The van der Waals surface area contributed by atoms with Gasteiger partial charge in [0.05, 0.1) is 13.1 Å². The summed E-state index contributed by atoms with van der Waals surface area (Å²) in [5.41, 5.74) is 17.9. The number of carbonyl (C=O) groups is 5. The molecule has 42 heavy (non-hydrogen) atoms. The van der Waals surface area contributed by atoms with Crippen LogP contribution in [0.25, 0.3) is 10.9 Å². The van der Waals surface area contributed by atoms with Crippen molar-refractivity contribution >= 4 is 55.8 Å². The number of para-hydroxylation sites is 1. The number of aromatic nitrogens is 1. The van der Waals surface area contributed by atoms with E-state index < -0.39 is 42.3 Å². The van der Waals surface area contributed by atoms with E-state index in [0.717, 1.165) is 16.5 Å². The summed E-state index contributed by atoms with van der Waals surface area (Å²) in [6.07, 6.45) is 3.88. The smallest absolute Gasteiger partial charge is 0.243 e. The van der Waals surface area contributed by atoms with Crippen LogP contribution in [-0.2, 0) is 30.4 Å². The molecule has 0 saturated heterocycles. The van der Waals surface area contributed by atoms with Crippen LogP contribution in [0, 0.1) is 0 Å². The molecule has 0 aliphatic carbocycles. The van der Waals surface area contributed by atoms with Crippen molar-refractivity contribution in [1.29, 1.82) is 0 Å². The van der Waals surface area contributed by atoms with Crippen LogP contribution in [0.1, 0.15) is 37.7 Å². The number of fused-ring (bicyclic) bond motifs is 1. The lowest BCUT2D eigenvalue weighted by molar-refractivity contribution is -0.132. The minimum atomic E-state index is -0.969. The summed E-state index contributed by atoms with van der Waals surface area (Å²) >= 11 is 0. The van der Waals surface area contributed by atoms with Crippen molar-refractivity contribution in [1.82, 2.24) is 31.3 Å². The maximum absolute atomic E-state index is 13.1. The molecule has 1 unspecified atom stereocenters.